The van der Waals surface area contributed by atoms with Crippen LogP contribution in [0.5, 0.6) is 0 Å². The van der Waals surface area contributed by atoms with Crippen molar-refractivity contribution in [2.75, 3.05) is 16.8 Å². The summed E-state index contributed by atoms with van der Waals surface area (Å²) in [4.78, 5) is 14.0. The molecule has 2 aliphatic heterocycles. The molecule has 0 spiro atoms. The van der Waals surface area contributed by atoms with Gasteiger partial charge in [0, 0.05) is 6.54 Å². The molecule has 3 rings (SSSR count). The van der Waals surface area contributed by atoms with Crippen LogP contribution in [0.3, 0.4) is 0 Å². The second-order valence-electron chi connectivity index (χ2n) is 5.13. The number of fused-ring (bicyclic) bond motifs is 3. The Morgan fingerprint density at radius 1 is 1.50 bits per heavy atom. The van der Waals surface area contributed by atoms with Gasteiger partial charge in [-0.3, -0.25) is 4.79 Å². The number of nitrogens with zero attached hydrogens (tertiary/aromatic N) is 1. The molecule has 96 valence electrons. The molecule has 2 aliphatic rings. The van der Waals surface area contributed by atoms with Crippen LogP contribution < -0.4 is 10.2 Å². The summed E-state index contributed by atoms with van der Waals surface area (Å²) in [5, 5.41) is 2.82. The summed E-state index contributed by atoms with van der Waals surface area (Å²) in [5.41, 5.74) is 1.17. The predicted molar refractivity (Wildman–Crippen MR) is 69.2 cm³/mol. The highest BCUT2D eigenvalue weighted by atomic mass is 19.1. The van der Waals surface area contributed by atoms with E-state index in [1.54, 1.807) is 12.1 Å². The number of rotatable bonds is 1. The minimum absolute atomic E-state index is 0.00579. The highest BCUT2D eigenvalue weighted by molar-refractivity contribution is 6.03. The van der Waals surface area contributed by atoms with E-state index in [1.165, 1.54) is 6.07 Å². The Balaban J connectivity index is 2.00. The van der Waals surface area contributed by atoms with Gasteiger partial charge in [0.1, 0.15) is 11.9 Å². The average molecular weight is 248 g/mol. The molecular weight excluding hydrogens is 231 g/mol. The number of halogens is 1. The summed E-state index contributed by atoms with van der Waals surface area (Å²) in [7, 11) is 0. The van der Waals surface area contributed by atoms with Gasteiger partial charge in [-0.2, -0.15) is 0 Å². The van der Waals surface area contributed by atoms with Crippen molar-refractivity contribution >= 4 is 17.3 Å². The Bertz CT molecular complexity index is 489. The summed E-state index contributed by atoms with van der Waals surface area (Å²) < 4.78 is 14.0. The zero-order chi connectivity index (χ0) is 12.7. The van der Waals surface area contributed by atoms with Gasteiger partial charge in [0.05, 0.1) is 11.4 Å². The number of carbonyl (C=O) groups is 1. The molecule has 1 saturated heterocycles. The Morgan fingerprint density at radius 3 is 3.11 bits per heavy atom. The Hall–Kier alpha value is -1.58. The van der Waals surface area contributed by atoms with E-state index in [-0.39, 0.29) is 17.8 Å². The summed E-state index contributed by atoms with van der Waals surface area (Å²) >= 11 is 0. The number of benzene rings is 1. The van der Waals surface area contributed by atoms with Gasteiger partial charge in [0.2, 0.25) is 5.91 Å². The molecule has 0 saturated carbocycles. The van der Waals surface area contributed by atoms with Crippen molar-refractivity contribution in [2.45, 2.75) is 32.2 Å². The molecule has 2 unspecified atom stereocenters. The molecule has 0 bridgehead atoms. The van der Waals surface area contributed by atoms with Crippen LogP contribution in [0.25, 0.3) is 0 Å². The van der Waals surface area contributed by atoms with Crippen molar-refractivity contribution in [2.24, 2.45) is 5.92 Å². The number of anilines is 2. The highest BCUT2D eigenvalue weighted by Crippen LogP contribution is 2.39. The van der Waals surface area contributed by atoms with Crippen LogP contribution in [0.1, 0.15) is 26.2 Å². The zero-order valence-corrected chi connectivity index (χ0v) is 10.4. The number of nitrogens with one attached hydrogen (secondary N) is 1. The van der Waals surface area contributed by atoms with Gasteiger partial charge in [-0.15, -0.1) is 0 Å². The van der Waals surface area contributed by atoms with E-state index in [2.05, 4.69) is 12.2 Å². The van der Waals surface area contributed by atoms with Gasteiger partial charge in [-0.25, -0.2) is 4.39 Å². The first-order valence-electron chi connectivity index (χ1n) is 6.56. The van der Waals surface area contributed by atoms with Gasteiger partial charge in [0.25, 0.3) is 0 Å². The topological polar surface area (TPSA) is 32.3 Å². The van der Waals surface area contributed by atoms with E-state index in [0.29, 0.717) is 17.3 Å². The minimum atomic E-state index is -0.243. The fraction of sp³-hybridized carbons (Fsp3) is 0.500. The lowest BCUT2D eigenvalue weighted by atomic mass is 9.87. The molecule has 1 N–H and O–H groups in total. The molecule has 1 aromatic carbocycles. The van der Waals surface area contributed by atoms with Crippen molar-refractivity contribution in [3.05, 3.63) is 24.0 Å². The van der Waals surface area contributed by atoms with Crippen molar-refractivity contribution in [1.82, 2.24) is 0 Å². The fourth-order valence-electron chi connectivity index (χ4n) is 3.05. The maximum Gasteiger partial charge on any atom is 0.247 e. The first-order valence-corrected chi connectivity index (χ1v) is 6.56. The van der Waals surface area contributed by atoms with Crippen LogP contribution in [0.15, 0.2) is 18.2 Å². The number of piperidine rings is 1. The molecule has 1 fully saturated rings. The van der Waals surface area contributed by atoms with Gasteiger partial charge < -0.3 is 10.2 Å². The van der Waals surface area contributed by atoms with Crippen molar-refractivity contribution < 1.29 is 9.18 Å². The highest BCUT2D eigenvalue weighted by Gasteiger charge is 2.38. The van der Waals surface area contributed by atoms with Crippen LogP contribution in [0.2, 0.25) is 0 Å². The summed E-state index contributed by atoms with van der Waals surface area (Å²) in [6.45, 7) is 2.92. The predicted octanol–water partition coefficient (Wildman–Crippen LogP) is 2.77. The van der Waals surface area contributed by atoms with E-state index in [4.69, 9.17) is 0 Å². The van der Waals surface area contributed by atoms with Gasteiger partial charge in [0.15, 0.2) is 0 Å². The van der Waals surface area contributed by atoms with Gasteiger partial charge in [-0.05, 0) is 30.9 Å². The Labute approximate surface area is 106 Å². The third-order valence-electron chi connectivity index (χ3n) is 4.12. The van der Waals surface area contributed by atoms with E-state index < -0.39 is 0 Å². The maximum atomic E-state index is 14.0. The molecule has 1 aromatic rings. The van der Waals surface area contributed by atoms with Crippen LogP contribution in [-0.4, -0.2) is 18.5 Å². The van der Waals surface area contributed by atoms with Crippen LogP contribution in [-0.2, 0) is 4.79 Å². The smallest absolute Gasteiger partial charge is 0.247 e. The Morgan fingerprint density at radius 2 is 2.33 bits per heavy atom. The number of hydrogen-bond acceptors (Lipinski definition) is 2. The molecule has 1 amide bonds. The largest absolute Gasteiger partial charge is 0.355 e. The minimum Gasteiger partial charge on any atom is -0.355 e. The van der Waals surface area contributed by atoms with Crippen molar-refractivity contribution in [3.63, 3.8) is 0 Å². The molecule has 18 heavy (non-hydrogen) atoms. The molecule has 2 atom stereocenters. The van der Waals surface area contributed by atoms with Gasteiger partial charge >= 0.3 is 0 Å². The first kappa shape index (κ1) is 11.5. The normalized spacial score (nSPS) is 26.3. The lowest BCUT2D eigenvalue weighted by molar-refractivity contribution is -0.118. The summed E-state index contributed by atoms with van der Waals surface area (Å²) in [6.07, 6.45) is 2.95. The standard InChI is InChI=1S/C14H17FN2O/c1-2-9-6-7-17-12(8-9)14(18)16-11-5-3-4-10(15)13(11)17/h3-5,9,12H,2,6-8H2,1H3,(H,16,18). The van der Waals surface area contributed by atoms with Crippen LogP contribution in [0, 0.1) is 11.7 Å². The number of amides is 1. The average Bonchev–Trinajstić information content (AvgIpc) is 2.38. The monoisotopic (exact) mass is 248 g/mol. The van der Waals surface area contributed by atoms with E-state index in [9.17, 15) is 9.18 Å². The molecule has 0 aromatic heterocycles. The third kappa shape index (κ3) is 1.67. The molecule has 4 heteroatoms. The number of para-hydroxylation sites is 1. The maximum absolute atomic E-state index is 14.0. The SMILES string of the molecule is CCC1CCN2c3c(F)cccc3NC(=O)C2C1. The molecule has 0 radical (unpaired) electrons. The molecular formula is C14H17FN2O. The molecule has 3 nitrogen and oxygen atoms in total. The first-order chi connectivity index (χ1) is 8.70. The van der Waals surface area contributed by atoms with Crippen LogP contribution in [0.4, 0.5) is 15.8 Å². The quantitative estimate of drug-likeness (QED) is 0.828. The van der Waals surface area contributed by atoms with Gasteiger partial charge in [-0.1, -0.05) is 19.4 Å². The van der Waals surface area contributed by atoms with Crippen molar-refractivity contribution in [3.8, 4) is 0 Å². The molecule has 0 aliphatic carbocycles. The van der Waals surface area contributed by atoms with E-state index >= 15 is 0 Å². The second-order valence-corrected chi connectivity index (χ2v) is 5.13. The lowest BCUT2D eigenvalue weighted by Gasteiger charge is -2.43. The van der Waals surface area contributed by atoms with Crippen molar-refractivity contribution in [1.29, 1.82) is 0 Å². The summed E-state index contributed by atoms with van der Waals surface area (Å²) in [5.74, 6) is 0.337. The summed E-state index contributed by atoms with van der Waals surface area (Å²) in [6, 6.07) is 4.65. The third-order valence-corrected chi connectivity index (χ3v) is 4.12. The molecule has 2 heterocycles. The fourth-order valence-corrected chi connectivity index (χ4v) is 3.05. The number of hydrogen-bond donors (Lipinski definition) is 1. The zero-order valence-electron chi connectivity index (χ0n) is 10.4. The lowest BCUT2D eigenvalue weighted by Crippen LogP contribution is -2.52. The second kappa shape index (κ2) is 4.26. The van der Waals surface area contributed by atoms with E-state index in [1.807, 2.05) is 4.90 Å². The van der Waals surface area contributed by atoms with Crippen LogP contribution >= 0.6 is 0 Å². The number of carbonyl (C=O) groups excluding carboxylic acids is 1. The Kier molecular flexibility index (Phi) is 2.73. The van der Waals surface area contributed by atoms with E-state index in [0.717, 1.165) is 25.8 Å².